The highest BCUT2D eigenvalue weighted by Gasteiger charge is 2.55. The highest BCUT2D eigenvalue weighted by atomic mass is 16.1. The lowest BCUT2D eigenvalue weighted by Gasteiger charge is -2.47. The van der Waals surface area contributed by atoms with Crippen molar-refractivity contribution >= 4 is 11.6 Å². The summed E-state index contributed by atoms with van der Waals surface area (Å²) in [6.07, 6.45) is 11.0. The Morgan fingerprint density at radius 1 is 0.952 bits per heavy atom. The molecule has 0 radical (unpaired) electrons. The van der Waals surface area contributed by atoms with Crippen LogP contribution in [0.25, 0.3) is 0 Å². The third-order valence-electron chi connectivity index (χ3n) is 7.66. The number of carbonyl (C=O) groups excluding carboxylic acids is 2. The van der Waals surface area contributed by atoms with E-state index >= 15 is 0 Å². The van der Waals surface area contributed by atoms with Gasteiger partial charge in [0.05, 0.1) is 0 Å². The monoisotopic (exact) mass is 288 g/mol. The van der Waals surface area contributed by atoms with Crippen molar-refractivity contribution in [3.05, 3.63) is 0 Å². The van der Waals surface area contributed by atoms with Crippen molar-refractivity contribution in [2.45, 2.75) is 71.1 Å². The van der Waals surface area contributed by atoms with E-state index in [2.05, 4.69) is 6.92 Å². The highest BCUT2D eigenvalue weighted by molar-refractivity contribution is 5.87. The van der Waals surface area contributed by atoms with Crippen LogP contribution in [0, 0.1) is 35.0 Å². The Bertz CT molecular complexity index is 468. The Labute approximate surface area is 128 Å². The summed E-state index contributed by atoms with van der Waals surface area (Å²) in [6.45, 7) is 2.26. The molecular formula is C19H28O2. The number of fused-ring (bicyclic) bond motifs is 6. The van der Waals surface area contributed by atoms with Gasteiger partial charge in [-0.15, -0.1) is 0 Å². The van der Waals surface area contributed by atoms with E-state index in [1.807, 2.05) is 0 Å². The summed E-state index contributed by atoms with van der Waals surface area (Å²) in [5, 5.41) is 0. The molecule has 4 saturated carbocycles. The number of Topliss-reactive ketones (excluding diaryl/α,β-unsaturated/α-hetero) is 2. The number of hydrogen-bond acceptors (Lipinski definition) is 2. The fourth-order valence-corrected chi connectivity index (χ4v) is 6.53. The van der Waals surface area contributed by atoms with Crippen LogP contribution in [0.3, 0.4) is 0 Å². The number of rotatable bonds is 0. The standard InChI is InChI=1S/C19H28O2/c1-19-9-8-15-13-3-4-14(20)11-12(10-13)2-5-16(15)17(19)6-7-18(19)21/h12-13,15-17H,2-11H2,1H3/t12-,13?,15?,16?,17?,19?/m1/s1. The summed E-state index contributed by atoms with van der Waals surface area (Å²) in [4.78, 5) is 24.3. The van der Waals surface area contributed by atoms with Crippen molar-refractivity contribution in [1.29, 1.82) is 0 Å². The minimum Gasteiger partial charge on any atom is -0.300 e. The van der Waals surface area contributed by atoms with Gasteiger partial charge in [-0.2, -0.15) is 0 Å². The lowest BCUT2D eigenvalue weighted by molar-refractivity contribution is -0.130. The van der Waals surface area contributed by atoms with Gasteiger partial charge in [0.2, 0.25) is 0 Å². The van der Waals surface area contributed by atoms with Crippen LogP contribution in [0.2, 0.25) is 0 Å². The molecule has 2 heteroatoms. The minimum absolute atomic E-state index is 0.00545. The summed E-state index contributed by atoms with van der Waals surface area (Å²) in [5.41, 5.74) is 0.00545. The van der Waals surface area contributed by atoms with Crippen molar-refractivity contribution in [2.24, 2.45) is 35.0 Å². The van der Waals surface area contributed by atoms with Gasteiger partial charge in [-0.1, -0.05) is 6.92 Å². The molecule has 0 aliphatic heterocycles. The van der Waals surface area contributed by atoms with Crippen molar-refractivity contribution in [1.82, 2.24) is 0 Å². The second kappa shape index (κ2) is 4.93. The van der Waals surface area contributed by atoms with Crippen molar-refractivity contribution in [3.8, 4) is 0 Å². The molecule has 4 aliphatic carbocycles. The predicted molar refractivity (Wildman–Crippen MR) is 81.7 cm³/mol. The van der Waals surface area contributed by atoms with Crippen LogP contribution >= 0.6 is 0 Å². The molecule has 0 aromatic rings. The molecule has 4 fully saturated rings. The van der Waals surface area contributed by atoms with Crippen LogP contribution in [0.15, 0.2) is 0 Å². The van der Waals surface area contributed by atoms with Gasteiger partial charge in [0.1, 0.15) is 11.6 Å². The predicted octanol–water partition coefficient (Wildman–Crippen LogP) is 4.17. The van der Waals surface area contributed by atoms with Gasteiger partial charge in [-0.3, -0.25) is 9.59 Å². The van der Waals surface area contributed by atoms with E-state index in [9.17, 15) is 9.59 Å². The van der Waals surface area contributed by atoms with E-state index in [0.29, 0.717) is 23.4 Å². The molecule has 0 amide bonds. The Morgan fingerprint density at radius 3 is 2.67 bits per heavy atom. The molecule has 0 spiro atoms. The van der Waals surface area contributed by atoms with Crippen LogP contribution in [0.5, 0.6) is 0 Å². The summed E-state index contributed by atoms with van der Waals surface area (Å²) >= 11 is 0. The molecule has 0 heterocycles. The molecule has 2 bridgehead atoms. The first-order chi connectivity index (χ1) is 10.1. The number of ketones is 2. The molecular weight excluding hydrogens is 260 g/mol. The van der Waals surface area contributed by atoms with E-state index in [-0.39, 0.29) is 5.41 Å². The van der Waals surface area contributed by atoms with Gasteiger partial charge < -0.3 is 0 Å². The molecule has 5 unspecified atom stereocenters. The number of hydrogen-bond donors (Lipinski definition) is 0. The minimum atomic E-state index is 0.00545. The maximum atomic E-state index is 12.4. The zero-order chi connectivity index (χ0) is 14.6. The van der Waals surface area contributed by atoms with Gasteiger partial charge in [-0.05, 0) is 74.5 Å². The second-order valence-corrected chi connectivity index (χ2v) is 8.57. The molecule has 21 heavy (non-hydrogen) atoms. The third-order valence-corrected chi connectivity index (χ3v) is 7.66. The topological polar surface area (TPSA) is 34.1 Å². The Hall–Kier alpha value is -0.660. The van der Waals surface area contributed by atoms with E-state index in [0.717, 1.165) is 56.3 Å². The van der Waals surface area contributed by atoms with Gasteiger partial charge >= 0.3 is 0 Å². The molecule has 0 aromatic carbocycles. The van der Waals surface area contributed by atoms with Crippen molar-refractivity contribution in [2.75, 3.05) is 0 Å². The Kier molecular flexibility index (Phi) is 3.28. The second-order valence-electron chi connectivity index (χ2n) is 8.57. The van der Waals surface area contributed by atoms with Crippen LogP contribution in [0.4, 0.5) is 0 Å². The van der Waals surface area contributed by atoms with Crippen LogP contribution in [-0.2, 0) is 9.59 Å². The van der Waals surface area contributed by atoms with Crippen LogP contribution in [0.1, 0.15) is 71.1 Å². The van der Waals surface area contributed by atoms with Gasteiger partial charge in [0.25, 0.3) is 0 Å². The smallest absolute Gasteiger partial charge is 0.139 e. The average molecular weight is 288 g/mol. The van der Waals surface area contributed by atoms with Gasteiger partial charge in [0.15, 0.2) is 0 Å². The van der Waals surface area contributed by atoms with E-state index in [1.165, 1.54) is 25.7 Å². The molecule has 0 N–H and O–H groups in total. The summed E-state index contributed by atoms with van der Waals surface area (Å²) in [7, 11) is 0. The maximum absolute atomic E-state index is 12.4. The molecule has 4 aliphatic rings. The van der Waals surface area contributed by atoms with Gasteiger partial charge in [-0.25, -0.2) is 0 Å². The van der Waals surface area contributed by atoms with Crippen molar-refractivity contribution in [3.63, 3.8) is 0 Å². The molecule has 0 aromatic heterocycles. The first-order valence-corrected chi connectivity index (χ1v) is 9.13. The lowest BCUT2D eigenvalue weighted by atomic mass is 9.57. The normalized spacial score (nSPS) is 50.0. The molecule has 0 saturated heterocycles. The summed E-state index contributed by atoms with van der Waals surface area (Å²) in [5.74, 6) is 4.72. The zero-order valence-electron chi connectivity index (χ0n) is 13.3. The molecule has 4 rings (SSSR count). The highest BCUT2D eigenvalue weighted by Crippen LogP contribution is 2.59. The van der Waals surface area contributed by atoms with E-state index in [4.69, 9.17) is 0 Å². The first-order valence-electron chi connectivity index (χ1n) is 9.13. The average Bonchev–Trinajstić information content (AvgIpc) is 2.63. The Balaban J connectivity index is 1.62. The molecule has 116 valence electrons. The molecule has 2 nitrogen and oxygen atoms in total. The SMILES string of the molecule is CC12CCC3C4CCC(=O)C[C@H](CCC3C1CCC2=O)C4. The lowest BCUT2D eigenvalue weighted by Crippen LogP contribution is -2.43. The maximum Gasteiger partial charge on any atom is 0.139 e. The Morgan fingerprint density at radius 2 is 1.81 bits per heavy atom. The quantitative estimate of drug-likeness (QED) is 0.670. The van der Waals surface area contributed by atoms with Crippen molar-refractivity contribution < 1.29 is 9.59 Å². The zero-order valence-corrected chi connectivity index (χ0v) is 13.3. The third kappa shape index (κ3) is 2.12. The summed E-state index contributed by atoms with van der Waals surface area (Å²) < 4.78 is 0. The fourth-order valence-electron chi connectivity index (χ4n) is 6.53. The fraction of sp³-hybridized carbons (Fsp3) is 0.895. The van der Waals surface area contributed by atoms with E-state index in [1.54, 1.807) is 0 Å². The van der Waals surface area contributed by atoms with E-state index < -0.39 is 0 Å². The van der Waals surface area contributed by atoms with Crippen LogP contribution < -0.4 is 0 Å². The molecule has 6 atom stereocenters. The number of carbonyl (C=O) groups is 2. The largest absolute Gasteiger partial charge is 0.300 e. The first kappa shape index (κ1) is 14.0. The van der Waals surface area contributed by atoms with Gasteiger partial charge in [0, 0.05) is 24.7 Å². The van der Waals surface area contributed by atoms with Crippen LogP contribution in [-0.4, -0.2) is 11.6 Å². The summed E-state index contributed by atoms with van der Waals surface area (Å²) in [6, 6.07) is 0.